The zero-order chi connectivity index (χ0) is 18.8. The number of amides is 1. The molecule has 7 heteroatoms. The number of benzene rings is 1. The first-order valence-electron chi connectivity index (χ1n) is 8.24. The molecule has 0 bridgehead atoms. The number of carbonyl (C=O) groups is 1. The van der Waals surface area contributed by atoms with Crippen LogP contribution in [0.15, 0.2) is 52.4 Å². The van der Waals surface area contributed by atoms with E-state index in [-0.39, 0.29) is 5.91 Å². The van der Waals surface area contributed by atoms with Crippen LogP contribution in [0.3, 0.4) is 0 Å². The molecule has 3 aromatic heterocycles. The Kier molecular flexibility index (Phi) is 4.40. The maximum absolute atomic E-state index is 13.0. The molecule has 0 spiro atoms. The van der Waals surface area contributed by atoms with Crippen LogP contribution in [0.4, 0.5) is 5.69 Å². The number of nitrogens with one attached hydrogen (secondary N) is 1. The molecule has 0 aliphatic heterocycles. The van der Waals surface area contributed by atoms with Gasteiger partial charge in [-0.15, -0.1) is 11.3 Å². The van der Waals surface area contributed by atoms with Crippen molar-refractivity contribution in [3.8, 4) is 16.6 Å². The van der Waals surface area contributed by atoms with Gasteiger partial charge >= 0.3 is 0 Å². The van der Waals surface area contributed by atoms with Crippen molar-refractivity contribution >= 4 is 34.0 Å². The molecule has 0 radical (unpaired) electrons. The summed E-state index contributed by atoms with van der Waals surface area (Å²) < 4.78 is 5.30. The Morgan fingerprint density at radius 1 is 1.30 bits per heavy atom. The molecule has 132 valence electrons. The lowest BCUT2D eigenvalue weighted by atomic mass is 10.1. The molecule has 1 aromatic carbocycles. The minimum atomic E-state index is -0.264. The van der Waals surface area contributed by atoms with E-state index in [1.54, 1.807) is 25.1 Å². The highest BCUT2D eigenvalue weighted by molar-refractivity contribution is 7.13. The zero-order valence-corrected chi connectivity index (χ0v) is 15.2. The van der Waals surface area contributed by atoms with E-state index in [9.17, 15) is 4.79 Å². The van der Waals surface area contributed by atoms with Crippen molar-refractivity contribution in [2.45, 2.75) is 13.3 Å². The topological polar surface area (TPSA) is 91.8 Å². The van der Waals surface area contributed by atoms with E-state index in [0.717, 1.165) is 10.4 Å². The SMILES string of the molecule is Cc1noc2nc(-c3cccs3)cc(C(=O)Nc3ccc(CC#N)cc3)c12. The molecular weight excluding hydrogens is 360 g/mol. The van der Waals surface area contributed by atoms with Crippen LogP contribution in [0.25, 0.3) is 21.7 Å². The quantitative estimate of drug-likeness (QED) is 0.564. The van der Waals surface area contributed by atoms with Gasteiger partial charge in [-0.1, -0.05) is 23.4 Å². The van der Waals surface area contributed by atoms with Crippen molar-refractivity contribution in [3.63, 3.8) is 0 Å². The second-order valence-electron chi connectivity index (χ2n) is 5.97. The highest BCUT2D eigenvalue weighted by Gasteiger charge is 2.19. The summed E-state index contributed by atoms with van der Waals surface area (Å²) in [5.74, 6) is -0.264. The number of carbonyl (C=O) groups excluding carboxylic acids is 1. The number of thiophene rings is 1. The standard InChI is InChI=1S/C20H14N4O2S/c1-12-18-15(19(25)22-14-6-4-13(5-7-14)8-9-21)11-16(17-3-2-10-27-17)23-20(18)26-24-12/h2-7,10-11H,8H2,1H3,(H,22,25). The molecule has 4 rings (SSSR count). The number of hydrogen-bond donors (Lipinski definition) is 1. The summed E-state index contributed by atoms with van der Waals surface area (Å²) >= 11 is 1.54. The second-order valence-corrected chi connectivity index (χ2v) is 6.91. The lowest BCUT2D eigenvalue weighted by Gasteiger charge is -2.08. The maximum atomic E-state index is 13.0. The van der Waals surface area contributed by atoms with Crippen LogP contribution in [-0.4, -0.2) is 16.0 Å². The van der Waals surface area contributed by atoms with E-state index >= 15 is 0 Å². The lowest BCUT2D eigenvalue weighted by molar-refractivity contribution is 0.102. The lowest BCUT2D eigenvalue weighted by Crippen LogP contribution is -2.13. The molecule has 0 unspecified atom stereocenters. The van der Waals surface area contributed by atoms with Crippen LogP contribution in [0.1, 0.15) is 21.6 Å². The van der Waals surface area contributed by atoms with Crippen LogP contribution < -0.4 is 5.32 Å². The van der Waals surface area contributed by atoms with Gasteiger partial charge in [-0.3, -0.25) is 4.79 Å². The number of pyridine rings is 1. The molecule has 6 nitrogen and oxygen atoms in total. The van der Waals surface area contributed by atoms with Crippen molar-refractivity contribution < 1.29 is 9.32 Å². The minimum Gasteiger partial charge on any atom is -0.335 e. The molecule has 4 aromatic rings. The average molecular weight is 374 g/mol. The first-order valence-corrected chi connectivity index (χ1v) is 9.12. The van der Waals surface area contributed by atoms with Crippen molar-refractivity contribution in [3.05, 3.63) is 64.7 Å². The van der Waals surface area contributed by atoms with Crippen LogP contribution in [0.2, 0.25) is 0 Å². The fraction of sp³-hybridized carbons (Fsp3) is 0.100. The minimum absolute atomic E-state index is 0.264. The van der Waals surface area contributed by atoms with Crippen molar-refractivity contribution in [1.82, 2.24) is 10.1 Å². The smallest absolute Gasteiger partial charge is 0.259 e. The highest BCUT2D eigenvalue weighted by atomic mass is 32.1. The number of nitriles is 1. The predicted molar refractivity (Wildman–Crippen MR) is 104 cm³/mol. The number of rotatable bonds is 4. The number of aromatic nitrogens is 2. The Morgan fingerprint density at radius 3 is 2.81 bits per heavy atom. The van der Waals surface area contributed by atoms with Crippen molar-refractivity contribution in [1.29, 1.82) is 5.26 Å². The summed E-state index contributed by atoms with van der Waals surface area (Å²) in [6.45, 7) is 1.78. The molecule has 1 amide bonds. The Hall–Kier alpha value is -3.50. The summed E-state index contributed by atoms with van der Waals surface area (Å²) in [5, 5.41) is 18.2. The molecule has 0 atom stereocenters. The number of anilines is 1. The van der Waals surface area contributed by atoms with Gasteiger partial charge in [0, 0.05) is 5.69 Å². The van der Waals surface area contributed by atoms with Gasteiger partial charge < -0.3 is 9.84 Å². The normalized spacial score (nSPS) is 10.7. The summed E-state index contributed by atoms with van der Waals surface area (Å²) in [6.07, 6.45) is 0.337. The van der Waals surface area contributed by atoms with Gasteiger partial charge in [-0.2, -0.15) is 5.26 Å². The maximum Gasteiger partial charge on any atom is 0.259 e. The monoisotopic (exact) mass is 374 g/mol. The van der Waals surface area contributed by atoms with Gasteiger partial charge in [0.15, 0.2) is 0 Å². The fourth-order valence-corrected chi connectivity index (χ4v) is 3.51. The van der Waals surface area contributed by atoms with E-state index in [2.05, 4.69) is 21.5 Å². The van der Waals surface area contributed by atoms with Crippen molar-refractivity contribution in [2.24, 2.45) is 0 Å². The summed E-state index contributed by atoms with van der Waals surface area (Å²) in [6, 6.07) is 14.9. The first-order chi connectivity index (χ1) is 13.2. The zero-order valence-electron chi connectivity index (χ0n) is 14.4. The number of hydrogen-bond acceptors (Lipinski definition) is 6. The summed E-state index contributed by atoms with van der Waals surface area (Å²) in [7, 11) is 0. The van der Waals surface area contributed by atoms with Crippen molar-refractivity contribution in [2.75, 3.05) is 5.32 Å². The Balaban J connectivity index is 1.72. The summed E-state index contributed by atoms with van der Waals surface area (Å²) in [4.78, 5) is 18.4. The van der Waals surface area contributed by atoms with Gasteiger partial charge in [0.05, 0.1) is 39.7 Å². The van der Waals surface area contributed by atoms with Gasteiger partial charge in [0.25, 0.3) is 11.6 Å². The van der Waals surface area contributed by atoms with Crippen LogP contribution in [0, 0.1) is 18.3 Å². The fourth-order valence-electron chi connectivity index (χ4n) is 2.82. The number of aryl methyl sites for hydroxylation is 1. The van der Waals surface area contributed by atoms with E-state index in [0.29, 0.717) is 40.2 Å². The third kappa shape index (κ3) is 3.30. The third-order valence-corrected chi connectivity index (χ3v) is 5.02. The molecule has 0 fully saturated rings. The number of nitrogens with zero attached hydrogens (tertiary/aromatic N) is 3. The van der Waals surface area contributed by atoms with Gasteiger partial charge in [-0.25, -0.2) is 4.98 Å². The Morgan fingerprint density at radius 2 is 2.11 bits per heavy atom. The third-order valence-electron chi connectivity index (χ3n) is 4.13. The van der Waals surface area contributed by atoms with Crippen LogP contribution in [0.5, 0.6) is 0 Å². The van der Waals surface area contributed by atoms with E-state index in [1.807, 2.05) is 29.6 Å². The van der Waals surface area contributed by atoms with Crippen LogP contribution >= 0.6 is 11.3 Å². The van der Waals surface area contributed by atoms with E-state index in [4.69, 9.17) is 9.78 Å². The average Bonchev–Trinajstić information content (AvgIpc) is 3.33. The van der Waals surface area contributed by atoms with Gasteiger partial charge in [0.2, 0.25) is 0 Å². The largest absolute Gasteiger partial charge is 0.335 e. The molecule has 1 N–H and O–H groups in total. The molecule has 0 saturated carbocycles. The molecule has 0 aliphatic rings. The molecular formula is C20H14N4O2S. The molecule has 3 heterocycles. The van der Waals surface area contributed by atoms with E-state index in [1.165, 1.54) is 11.3 Å². The molecule has 0 saturated heterocycles. The molecule has 0 aliphatic carbocycles. The first kappa shape index (κ1) is 16.9. The van der Waals surface area contributed by atoms with Crippen LogP contribution in [-0.2, 0) is 6.42 Å². The Labute approximate surface area is 159 Å². The second kappa shape index (κ2) is 7.02. The Bertz CT molecular complexity index is 1160. The molecule has 27 heavy (non-hydrogen) atoms. The predicted octanol–water partition coefficient (Wildman–Crippen LogP) is 4.58. The van der Waals surface area contributed by atoms with Gasteiger partial charge in [0.1, 0.15) is 0 Å². The highest BCUT2D eigenvalue weighted by Crippen LogP contribution is 2.29. The number of fused-ring (bicyclic) bond motifs is 1. The summed E-state index contributed by atoms with van der Waals surface area (Å²) in [5.41, 5.74) is 3.64. The van der Waals surface area contributed by atoms with E-state index < -0.39 is 0 Å². The van der Waals surface area contributed by atoms with Gasteiger partial charge in [-0.05, 0) is 42.1 Å².